The minimum atomic E-state index is -1.06. The van der Waals surface area contributed by atoms with Crippen LogP contribution in [0.1, 0.15) is 33.1 Å². The van der Waals surface area contributed by atoms with Gasteiger partial charge in [0.15, 0.2) is 0 Å². The van der Waals surface area contributed by atoms with Gasteiger partial charge in [0, 0.05) is 6.61 Å². The third-order valence-electron chi connectivity index (χ3n) is 1.18. The molecule has 56 valence electrons. The second-order valence-electron chi connectivity index (χ2n) is 2.90. The van der Waals surface area contributed by atoms with Crippen LogP contribution in [0.15, 0.2) is 0 Å². The van der Waals surface area contributed by atoms with Gasteiger partial charge in [-0.25, -0.2) is 4.39 Å². The predicted molar refractivity (Wildman–Crippen MR) is 36.1 cm³/mol. The summed E-state index contributed by atoms with van der Waals surface area (Å²) in [6.07, 6.45) is 2.04. The number of halogens is 1. The van der Waals surface area contributed by atoms with Crippen molar-refractivity contribution in [3.8, 4) is 0 Å². The van der Waals surface area contributed by atoms with Gasteiger partial charge in [0.25, 0.3) is 0 Å². The van der Waals surface area contributed by atoms with Crippen molar-refractivity contribution in [3.05, 3.63) is 0 Å². The van der Waals surface area contributed by atoms with E-state index in [1.165, 1.54) is 0 Å². The van der Waals surface area contributed by atoms with Crippen LogP contribution in [0.3, 0.4) is 0 Å². The molecule has 0 heterocycles. The molecule has 0 atom stereocenters. The van der Waals surface area contributed by atoms with Gasteiger partial charge in [0.1, 0.15) is 5.67 Å². The van der Waals surface area contributed by atoms with Crippen LogP contribution in [-0.2, 0) is 0 Å². The first kappa shape index (κ1) is 8.89. The van der Waals surface area contributed by atoms with E-state index in [1.54, 1.807) is 13.8 Å². The van der Waals surface area contributed by atoms with Crippen LogP contribution in [0.4, 0.5) is 4.39 Å². The Hall–Kier alpha value is -0.110. The number of hydrogen-bond acceptors (Lipinski definition) is 1. The van der Waals surface area contributed by atoms with E-state index in [4.69, 9.17) is 5.11 Å². The molecule has 0 aliphatic rings. The number of hydrogen-bond donors (Lipinski definition) is 1. The van der Waals surface area contributed by atoms with Crippen LogP contribution in [-0.4, -0.2) is 17.4 Å². The van der Waals surface area contributed by atoms with Gasteiger partial charge in [-0.15, -0.1) is 0 Å². The zero-order valence-corrected chi connectivity index (χ0v) is 6.15. The summed E-state index contributed by atoms with van der Waals surface area (Å²) in [5.74, 6) is 0. The number of aliphatic hydroxyl groups is 1. The highest BCUT2D eigenvalue weighted by Crippen LogP contribution is 2.16. The molecular formula is C7H15FO. The van der Waals surface area contributed by atoms with Crippen LogP contribution in [0.5, 0.6) is 0 Å². The summed E-state index contributed by atoms with van der Waals surface area (Å²) in [6.45, 7) is 3.30. The molecule has 2 heteroatoms. The molecule has 1 nitrogen and oxygen atoms in total. The van der Waals surface area contributed by atoms with Gasteiger partial charge in [-0.3, -0.25) is 0 Å². The fourth-order valence-electron chi connectivity index (χ4n) is 0.657. The number of alkyl halides is 1. The highest BCUT2D eigenvalue weighted by Gasteiger charge is 2.13. The van der Waals surface area contributed by atoms with Crippen LogP contribution in [0, 0.1) is 0 Å². The zero-order valence-electron chi connectivity index (χ0n) is 6.15. The minimum absolute atomic E-state index is 0.177. The van der Waals surface area contributed by atoms with Crippen molar-refractivity contribution in [2.24, 2.45) is 0 Å². The molecular weight excluding hydrogens is 119 g/mol. The molecule has 0 unspecified atom stereocenters. The van der Waals surface area contributed by atoms with E-state index in [9.17, 15) is 4.39 Å². The Morgan fingerprint density at radius 1 is 1.33 bits per heavy atom. The first-order chi connectivity index (χ1) is 4.06. The van der Waals surface area contributed by atoms with Gasteiger partial charge in [-0.05, 0) is 33.1 Å². The van der Waals surface area contributed by atoms with E-state index < -0.39 is 5.67 Å². The Morgan fingerprint density at radius 2 is 1.89 bits per heavy atom. The van der Waals surface area contributed by atoms with Crippen molar-refractivity contribution >= 4 is 0 Å². The molecule has 0 spiro atoms. The van der Waals surface area contributed by atoms with Crippen molar-refractivity contribution in [3.63, 3.8) is 0 Å². The molecule has 0 bridgehead atoms. The lowest BCUT2D eigenvalue weighted by Gasteiger charge is -2.12. The standard InChI is InChI=1S/C7H15FO/c1-7(2,8)5-3-4-6-9/h9H,3-6H2,1-2H3. The van der Waals surface area contributed by atoms with E-state index in [0.717, 1.165) is 6.42 Å². The maximum atomic E-state index is 12.6. The van der Waals surface area contributed by atoms with Gasteiger partial charge in [0.05, 0.1) is 0 Å². The van der Waals surface area contributed by atoms with E-state index in [1.807, 2.05) is 0 Å². The highest BCUT2D eigenvalue weighted by atomic mass is 19.1. The zero-order chi connectivity index (χ0) is 7.33. The van der Waals surface area contributed by atoms with Crippen molar-refractivity contribution < 1.29 is 9.50 Å². The van der Waals surface area contributed by atoms with Gasteiger partial charge in [-0.1, -0.05) is 0 Å². The fraction of sp³-hybridized carbons (Fsp3) is 1.00. The molecule has 0 aromatic carbocycles. The van der Waals surface area contributed by atoms with Crippen LogP contribution >= 0.6 is 0 Å². The van der Waals surface area contributed by atoms with Gasteiger partial charge >= 0.3 is 0 Å². The number of aliphatic hydroxyl groups excluding tert-OH is 1. The Morgan fingerprint density at radius 3 is 2.22 bits per heavy atom. The van der Waals surface area contributed by atoms with E-state index in [-0.39, 0.29) is 6.61 Å². The lowest BCUT2D eigenvalue weighted by molar-refractivity contribution is 0.188. The molecule has 0 rings (SSSR count). The summed E-state index contributed by atoms with van der Waals surface area (Å²) in [4.78, 5) is 0. The average Bonchev–Trinajstić information content (AvgIpc) is 1.63. The monoisotopic (exact) mass is 134 g/mol. The average molecular weight is 134 g/mol. The first-order valence-corrected chi connectivity index (χ1v) is 3.36. The lowest BCUT2D eigenvalue weighted by atomic mass is 10.0. The smallest absolute Gasteiger partial charge is 0.105 e. The molecule has 0 aliphatic carbocycles. The highest BCUT2D eigenvalue weighted by molar-refractivity contribution is 4.64. The Kier molecular flexibility index (Phi) is 3.78. The SMILES string of the molecule is CC(C)(F)CCCCO. The molecule has 0 saturated heterocycles. The summed E-state index contributed by atoms with van der Waals surface area (Å²) in [5, 5.41) is 8.34. The Balaban J connectivity index is 3.07. The van der Waals surface area contributed by atoms with Crippen molar-refractivity contribution in [1.29, 1.82) is 0 Å². The van der Waals surface area contributed by atoms with E-state index >= 15 is 0 Å². The van der Waals surface area contributed by atoms with Crippen LogP contribution in [0.25, 0.3) is 0 Å². The fourth-order valence-corrected chi connectivity index (χ4v) is 0.657. The second-order valence-corrected chi connectivity index (χ2v) is 2.90. The summed E-state index contributed by atoms with van der Waals surface area (Å²) >= 11 is 0. The molecule has 0 saturated carbocycles. The van der Waals surface area contributed by atoms with E-state index in [2.05, 4.69) is 0 Å². The Bertz CT molecular complexity index is 65.8. The summed E-state index contributed by atoms with van der Waals surface area (Å²) in [7, 11) is 0. The predicted octanol–water partition coefficient (Wildman–Crippen LogP) is 1.90. The van der Waals surface area contributed by atoms with Gasteiger partial charge < -0.3 is 5.11 Å². The maximum absolute atomic E-state index is 12.6. The summed E-state index contributed by atoms with van der Waals surface area (Å²) < 4.78 is 12.6. The number of rotatable bonds is 4. The largest absolute Gasteiger partial charge is 0.396 e. The van der Waals surface area contributed by atoms with Crippen molar-refractivity contribution in [2.75, 3.05) is 6.61 Å². The van der Waals surface area contributed by atoms with Gasteiger partial charge in [-0.2, -0.15) is 0 Å². The maximum Gasteiger partial charge on any atom is 0.105 e. The molecule has 0 aliphatic heterocycles. The normalized spacial score (nSPS) is 12.0. The first-order valence-electron chi connectivity index (χ1n) is 3.36. The molecule has 0 aromatic rings. The summed E-state index contributed by atoms with van der Waals surface area (Å²) in [5.41, 5.74) is -1.06. The van der Waals surface area contributed by atoms with Gasteiger partial charge in [0.2, 0.25) is 0 Å². The molecule has 0 aromatic heterocycles. The van der Waals surface area contributed by atoms with Crippen LogP contribution in [0.2, 0.25) is 0 Å². The molecule has 1 N–H and O–H groups in total. The van der Waals surface area contributed by atoms with E-state index in [0.29, 0.717) is 12.8 Å². The third-order valence-corrected chi connectivity index (χ3v) is 1.18. The lowest BCUT2D eigenvalue weighted by Crippen LogP contribution is -2.11. The second kappa shape index (κ2) is 3.83. The number of unbranched alkanes of at least 4 members (excludes halogenated alkanes) is 1. The quantitative estimate of drug-likeness (QED) is 0.582. The molecule has 0 fully saturated rings. The third kappa shape index (κ3) is 7.89. The van der Waals surface area contributed by atoms with Crippen molar-refractivity contribution in [1.82, 2.24) is 0 Å². The molecule has 9 heavy (non-hydrogen) atoms. The topological polar surface area (TPSA) is 20.2 Å². The minimum Gasteiger partial charge on any atom is -0.396 e. The molecule has 0 amide bonds. The Labute approximate surface area is 55.9 Å². The summed E-state index contributed by atoms with van der Waals surface area (Å²) in [6, 6.07) is 0. The van der Waals surface area contributed by atoms with Crippen LogP contribution < -0.4 is 0 Å². The molecule has 0 radical (unpaired) electrons. The van der Waals surface area contributed by atoms with Crippen molar-refractivity contribution in [2.45, 2.75) is 38.8 Å².